The first-order chi connectivity index (χ1) is 14.5. The number of benzene rings is 1. The van der Waals surface area contributed by atoms with Crippen LogP contribution in [0.2, 0.25) is 0 Å². The van der Waals surface area contributed by atoms with Gasteiger partial charge in [-0.1, -0.05) is 12.1 Å². The van der Waals surface area contributed by atoms with Crippen LogP contribution in [0.1, 0.15) is 38.5 Å². The largest absolute Gasteiger partial charge is 0.494 e. The average Bonchev–Trinajstić information content (AvgIpc) is 3.32. The molecule has 2 aromatic rings. The quantitative estimate of drug-likeness (QED) is 0.387. The SMILES string of the molecule is CCOc1ccc(C2=C(SCc3ccco3)C(=O)N(CCCOC(C)C)C2=O)cc1. The molecule has 0 N–H and O–H groups in total. The van der Waals surface area contributed by atoms with Gasteiger partial charge in [0.2, 0.25) is 0 Å². The Bertz CT molecular complexity index is 887. The lowest BCUT2D eigenvalue weighted by atomic mass is 10.1. The van der Waals surface area contributed by atoms with Crippen LogP contribution in [0, 0.1) is 0 Å². The van der Waals surface area contributed by atoms with Crippen LogP contribution in [-0.2, 0) is 20.1 Å². The van der Waals surface area contributed by atoms with Crippen LogP contribution in [-0.4, -0.2) is 42.6 Å². The van der Waals surface area contributed by atoms with Gasteiger partial charge in [-0.3, -0.25) is 14.5 Å². The smallest absolute Gasteiger partial charge is 0.267 e. The van der Waals surface area contributed by atoms with Crippen LogP contribution >= 0.6 is 11.8 Å². The Morgan fingerprint density at radius 2 is 1.87 bits per heavy atom. The van der Waals surface area contributed by atoms with Crippen molar-refractivity contribution < 1.29 is 23.5 Å². The van der Waals surface area contributed by atoms with Gasteiger partial charge in [0.1, 0.15) is 11.5 Å². The van der Waals surface area contributed by atoms with E-state index in [4.69, 9.17) is 13.9 Å². The zero-order valence-electron chi connectivity index (χ0n) is 17.6. The maximum absolute atomic E-state index is 13.2. The van der Waals surface area contributed by atoms with E-state index in [1.54, 1.807) is 12.3 Å². The van der Waals surface area contributed by atoms with Gasteiger partial charge in [0.25, 0.3) is 11.8 Å². The van der Waals surface area contributed by atoms with E-state index in [0.29, 0.717) is 48.0 Å². The van der Waals surface area contributed by atoms with E-state index >= 15 is 0 Å². The number of carbonyl (C=O) groups is 2. The number of carbonyl (C=O) groups excluding carboxylic acids is 2. The van der Waals surface area contributed by atoms with Crippen LogP contribution in [0.15, 0.2) is 52.0 Å². The Kier molecular flexibility index (Phi) is 7.76. The summed E-state index contributed by atoms with van der Waals surface area (Å²) in [5, 5.41) is 0. The van der Waals surface area contributed by atoms with Gasteiger partial charge in [0.15, 0.2) is 0 Å². The van der Waals surface area contributed by atoms with Crippen molar-refractivity contribution in [3.63, 3.8) is 0 Å². The summed E-state index contributed by atoms with van der Waals surface area (Å²) in [6, 6.07) is 10.9. The first-order valence-corrected chi connectivity index (χ1v) is 11.1. The Balaban J connectivity index is 1.81. The van der Waals surface area contributed by atoms with Gasteiger partial charge in [0.05, 0.1) is 35.2 Å². The Labute approximate surface area is 181 Å². The van der Waals surface area contributed by atoms with Crippen LogP contribution < -0.4 is 4.74 Å². The van der Waals surface area contributed by atoms with Crippen molar-refractivity contribution >= 4 is 29.1 Å². The highest BCUT2D eigenvalue weighted by atomic mass is 32.2. The van der Waals surface area contributed by atoms with Crippen molar-refractivity contribution in [1.29, 1.82) is 0 Å². The molecule has 3 rings (SSSR count). The molecule has 0 aliphatic carbocycles. The topological polar surface area (TPSA) is 69.0 Å². The van der Waals surface area contributed by atoms with E-state index in [0.717, 1.165) is 11.5 Å². The zero-order valence-corrected chi connectivity index (χ0v) is 18.4. The Hall–Kier alpha value is -2.51. The maximum Gasteiger partial charge on any atom is 0.267 e. The Morgan fingerprint density at radius 1 is 1.10 bits per heavy atom. The highest BCUT2D eigenvalue weighted by molar-refractivity contribution is 8.03. The summed E-state index contributed by atoms with van der Waals surface area (Å²) in [5.74, 6) is 1.43. The second-order valence-corrected chi connectivity index (χ2v) is 8.05. The molecular weight excluding hydrogens is 402 g/mol. The van der Waals surface area contributed by atoms with E-state index in [1.807, 2.05) is 51.1 Å². The number of imide groups is 1. The average molecular weight is 430 g/mol. The molecule has 7 heteroatoms. The van der Waals surface area contributed by atoms with Gasteiger partial charge < -0.3 is 13.9 Å². The monoisotopic (exact) mass is 429 g/mol. The highest BCUT2D eigenvalue weighted by Crippen LogP contribution is 2.38. The molecule has 6 nitrogen and oxygen atoms in total. The number of furan rings is 1. The molecule has 2 amide bonds. The molecule has 160 valence electrons. The van der Waals surface area contributed by atoms with Crippen molar-refractivity contribution in [3.8, 4) is 5.75 Å². The molecule has 0 spiro atoms. The molecule has 0 saturated carbocycles. The maximum atomic E-state index is 13.2. The third kappa shape index (κ3) is 5.34. The van der Waals surface area contributed by atoms with Crippen molar-refractivity contribution in [2.24, 2.45) is 0 Å². The zero-order chi connectivity index (χ0) is 21.5. The fraction of sp³-hybridized carbons (Fsp3) is 0.391. The molecule has 0 unspecified atom stereocenters. The summed E-state index contributed by atoms with van der Waals surface area (Å²) in [4.78, 5) is 28.0. The van der Waals surface area contributed by atoms with Gasteiger partial charge in [-0.25, -0.2) is 0 Å². The normalized spacial score (nSPS) is 14.3. The van der Waals surface area contributed by atoms with E-state index in [1.165, 1.54) is 16.7 Å². The van der Waals surface area contributed by atoms with Crippen molar-refractivity contribution in [1.82, 2.24) is 4.90 Å². The minimum atomic E-state index is -0.268. The molecular formula is C23H27NO5S. The van der Waals surface area contributed by atoms with Crippen LogP contribution in [0.5, 0.6) is 5.75 Å². The molecule has 0 atom stereocenters. The first-order valence-electron chi connectivity index (χ1n) is 10.1. The van der Waals surface area contributed by atoms with E-state index < -0.39 is 0 Å². The molecule has 0 radical (unpaired) electrons. The highest BCUT2D eigenvalue weighted by Gasteiger charge is 2.38. The second-order valence-electron chi connectivity index (χ2n) is 7.06. The molecule has 1 aliphatic rings. The molecule has 1 aromatic heterocycles. The molecule has 2 heterocycles. The summed E-state index contributed by atoms with van der Waals surface area (Å²) in [7, 11) is 0. The van der Waals surface area contributed by atoms with E-state index in [9.17, 15) is 9.59 Å². The number of nitrogens with zero attached hydrogens (tertiary/aromatic N) is 1. The number of ether oxygens (including phenoxy) is 2. The van der Waals surface area contributed by atoms with Crippen molar-refractivity contribution in [3.05, 3.63) is 58.9 Å². The van der Waals surface area contributed by atoms with E-state index in [2.05, 4.69) is 0 Å². The van der Waals surface area contributed by atoms with Gasteiger partial charge in [-0.05, 0) is 57.0 Å². The lowest BCUT2D eigenvalue weighted by Crippen LogP contribution is -2.33. The predicted octanol–water partition coefficient (Wildman–Crippen LogP) is 4.51. The summed E-state index contributed by atoms with van der Waals surface area (Å²) < 4.78 is 16.4. The molecule has 1 aromatic carbocycles. The van der Waals surface area contributed by atoms with Gasteiger partial charge in [0, 0.05) is 13.2 Å². The first kappa shape index (κ1) is 22.2. The Morgan fingerprint density at radius 3 is 2.50 bits per heavy atom. The van der Waals surface area contributed by atoms with Gasteiger partial charge >= 0.3 is 0 Å². The molecule has 0 fully saturated rings. The minimum Gasteiger partial charge on any atom is -0.494 e. The van der Waals surface area contributed by atoms with Crippen molar-refractivity contribution in [2.45, 2.75) is 39.0 Å². The minimum absolute atomic E-state index is 0.118. The third-order valence-electron chi connectivity index (χ3n) is 4.50. The summed E-state index contributed by atoms with van der Waals surface area (Å²) in [6.45, 7) is 7.23. The fourth-order valence-electron chi connectivity index (χ4n) is 3.11. The van der Waals surface area contributed by atoms with Crippen LogP contribution in [0.4, 0.5) is 0 Å². The summed E-state index contributed by atoms with van der Waals surface area (Å²) in [6.07, 6.45) is 2.31. The predicted molar refractivity (Wildman–Crippen MR) is 117 cm³/mol. The molecule has 0 bridgehead atoms. The standard InChI is InChI=1S/C23H27NO5S/c1-4-27-18-10-8-17(9-11-18)20-21(30-15-19-7-5-13-29-19)23(26)24(22(20)25)12-6-14-28-16(2)3/h5,7-11,13,16H,4,6,12,14-15H2,1-3H3. The molecule has 30 heavy (non-hydrogen) atoms. The fourth-order valence-corrected chi connectivity index (χ4v) is 4.14. The molecule has 0 saturated heterocycles. The number of rotatable bonds is 11. The van der Waals surface area contributed by atoms with Gasteiger partial charge in [-0.2, -0.15) is 0 Å². The molecule has 1 aliphatic heterocycles. The third-order valence-corrected chi connectivity index (χ3v) is 5.59. The lowest BCUT2D eigenvalue weighted by Gasteiger charge is -2.15. The summed E-state index contributed by atoms with van der Waals surface area (Å²) in [5.41, 5.74) is 1.14. The number of hydrogen-bond acceptors (Lipinski definition) is 6. The number of thioether (sulfide) groups is 1. The number of amides is 2. The van der Waals surface area contributed by atoms with E-state index in [-0.39, 0.29) is 17.9 Å². The lowest BCUT2D eigenvalue weighted by molar-refractivity contribution is -0.136. The summed E-state index contributed by atoms with van der Waals surface area (Å²) >= 11 is 1.33. The van der Waals surface area contributed by atoms with Gasteiger partial charge in [-0.15, -0.1) is 11.8 Å². The number of hydrogen-bond donors (Lipinski definition) is 0. The second kappa shape index (κ2) is 10.5. The van der Waals surface area contributed by atoms with Crippen LogP contribution in [0.25, 0.3) is 5.57 Å². The van der Waals surface area contributed by atoms with Crippen molar-refractivity contribution in [2.75, 3.05) is 19.8 Å². The van der Waals surface area contributed by atoms with Crippen LogP contribution in [0.3, 0.4) is 0 Å².